The van der Waals surface area contributed by atoms with Crippen molar-refractivity contribution in [3.8, 4) is 0 Å². The van der Waals surface area contributed by atoms with Gasteiger partial charge in [-0.2, -0.15) is 0 Å². The molecule has 0 saturated heterocycles. The van der Waals surface area contributed by atoms with E-state index in [0.29, 0.717) is 0 Å². The van der Waals surface area contributed by atoms with Gasteiger partial charge in [-0.3, -0.25) is 0 Å². The summed E-state index contributed by atoms with van der Waals surface area (Å²) in [6, 6.07) is 40.3. The third-order valence-electron chi connectivity index (χ3n) is 6.09. The van der Waals surface area contributed by atoms with Gasteiger partial charge in [0.05, 0.1) is 11.0 Å². The Hall–Kier alpha value is -3.74. The Balaban J connectivity index is 1.61. The minimum Gasteiger partial charge on any atom is -0.309 e. The van der Waals surface area contributed by atoms with Gasteiger partial charge in [0.25, 0.3) is 0 Å². The average molecular weight is 429 g/mol. The second kappa shape index (κ2) is 7.44. The fraction of sp³-hybridized carbons (Fsp3) is 0. The second-order valence-electron chi connectivity index (χ2n) is 8.00. The summed E-state index contributed by atoms with van der Waals surface area (Å²) in [7, 11) is -3.00. The molecule has 1 aromatic heterocycles. The third-order valence-corrected chi connectivity index (χ3v) is 9.15. The van der Waals surface area contributed by atoms with Crippen molar-refractivity contribution in [3.63, 3.8) is 0 Å². The lowest BCUT2D eigenvalue weighted by Gasteiger charge is -2.20. The molecule has 0 N–H and O–H groups in total. The number of nitrogens with zero attached hydrogens (tertiary/aromatic N) is 1. The van der Waals surface area contributed by atoms with Gasteiger partial charge in [-0.15, -0.1) is 0 Å². The molecule has 0 radical (unpaired) electrons. The zero-order valence-electron chi connectivity index (χ0n) is 17.3. The van der Waals surface area contributed by atoms with Gasteiger partial charge in [-0.1, -0.05) is 103 Å². The third kappa shape index (κ3) is 2.96. The number of rotatable bonds is 3. The lowest BCUT2D eigenvalue weighted by molar-refractivity contribution is 0.592. The molecule has 5 aromatic carbocycles. The number of pyridine rings is 1. The first-order valence-corrected chi connectivity index (χ1v) is 12.4. The highest BCUT2D eigenvalue weighted by Gasteiger charge is 2.29. The van der Waals surface area contributed by atoms with E-state index in [1.807, 2.05) is 84.9 Å². The monoisotopic (exact) mass is 429 g/mol. The van der Waals surface area contributed by atoms with E-state index >= 15 is 0 Å². The zero-order valence-corrected chi connectivity index (χ0v) is 18.2. The quantitative estimate of drug-likeness (QED) is 0.191. The minimum absolute atomic E-state index is 0.836. The van der Waals surface area contributed by atoms with E-state index in [4.69, 9.17) is 4.98 Å². The summed E-state index contributed by atoms with van der Waals surface area (Å²) in [6.45, 7) is 0. The fourth-order valence-corrected chi connectivity index (χ4v) is 7.16. The average Bonchev–Trinajstić information content (AvgIpc) is 2.87. The Labute approximate surface area is 186 Å². The van der Waals surface area contributed by atoms with Gasteiger partial charge in [0.2, 0.25) is 0 Å². The summed E-state index contributed by atoms with van der Waals surface area (Å²) in [6.07, 6.45) is 0. The number of hydrogen-bond donors (Lipinski definition) is 0. The maximum Gasteiger partial charge on any atom is 0.171 e. The molecule has 0 spiro atoms. The Morgan fingerprint density at radius 1 is 0.500 bits per heavy atom. The van der Waals surface area contributed by atoms with Gasteiger partial charge in [-0.25, -0.2) is 4.98 Å². The lowest BCUT2D eigenvalue weighted by atomic mass is 10.0. The molecule has 1 heterocycles. The molecule has 6 aromatic rings. The molecule has 0 aliphatic rings. The summed E-state index contributed by atoms with van der Waals surface area (Å²) >= 11 is 0. The Bertz CT molecular complexity index is 1600. The molecule has 0 saturated carbocycles. The van der Waals surface area contributed by atoms with Crippen molar-refractivity contribution in [3.05, 3.63) is 121 Å². The summed E-state index contributed by atoms with van der Waals surface area (Å²) < 4.78 is 14.7. The number of para-hydroxylation sites is 1. The zero-order chi connectivity index (χ0) is 21.5. The summed E-state index contributed by atoms with van der Waals surface area (Å²) in [5.74, 6) is 0. The highest BCUT2D eigenvalue weighted by atomic mass is 31.2. The smallest absolute Gasteiger partial charge is 0.171 e. The number of benzene rings is 5. The van der Waals surface area contributed by atoms with E-state index in [9.17, 15) is 4.57 Å². The van der Waals surface area contributed by atoms with Gasteiger partial charge >= 0.3 is 0 Å². The molecular weight excluding hydrogens is 409 g/mol. The maximum atomic E-state index is 14.7. The van der Waals surface area contributed by atoms with Crippen molar-refractivity contribution in [2.45, 2.75) is 0 Å². The molecule has 0 amide bonds. The van der Waals surface area contributed by atoms with Crippen LogP contribution in [0.3, 0.4) is 0 Å². The first-order chi connectivity index (χ1) is 15.7. The van der Waals surface area contributed by atoms with Gasteiger partial charge in [0, 0.05) is 32.1 Å². The SMILES string of the molecule is O=P(c1ccccc1)(c1ccccc1)c1ccc2c(ccc3cc4ccccc4nc32)c1. The van der Waals surface area contributed by atoms with Gasteiger partial charge < -0.3 is 4.57 Å². The van der Waals surface area contributed by atoms with Crippen LogP contribution in [0.1, 0.15) is 0 Å². The van der Waals surface area contributed by atoms with Crippen LogP contribution >= 0.6 is 7.14 Å². The molecule has 0 fully saturated rings. The molecule has 6 rings (SSSR count). The molecule has 0 bridgehead atoms. The van der Waals surface area contributed by atoms with Crippen LogP contribution in [0.2, 0.25) is 0 Å². The van der Waals surface area contributed by atoms with Crippen LogP contribution in [0.25, 0.3) is 32.6 Å². The van der Waals surface area contributed by atoms with Crippen LogP contribution in [0, 0.1) is 0 Å². The predicted molar refractivity (Wildman–Crippen MR) is 136 cm³/mol. The van der Waals surface area contributed by atoms with Crippen LogP contribution in [-0.4, -0.2) is 4.98 Å². The van der Waals surface area contributed by atoms with Crippen molar-refractivity contribution in [2.75, 3.05) is 0 Å². The first-order valence-electron chi connectivity index (χ1n) is 10.7. The molecule has 0 unspecified atom stereocenters. The van der Waals surface area contributed by atoms with Gasteiger partial charge in [-0.05, 0) is 23.6 Å². The maximum absolute atomic E-state index is 14.7. The van der Waals surface area contributed by atoms with E-state index in [1.165, 1.54) is 0 Å². The van der Waals surface area contributed by atoms with E-state index in [1.54, 1.807) is 0 Å². The Morgan fingerprint density at radius 2 is 1.12 bits per heavy atom. The Kier molecular flexibility index (Phi) is 4.41. The van der Waals surface area contributed by atoms with Crippen molar-refractivity contribution in [1.29, 1.82) is 0 Å². The first kappa shape index (κ1) is 19.0. The molecular formula is C29H20NOP. The molecule has 32 heavy (non-hydrogen) atoms. The van der Waals surface area contributed by atoms with Crippen LogP contribution in [0.4, 0.5) is 0 Å². The predicted octanol–water partition coefficient (Wildman–Crippen LogP) is 6.18. The summed E-state index contributed by atoms with van der Waals surface area (Å²) in [5, 5.41) is 6.88. The number of aromatic nitrogens is 1. The standard InChI is InChI=1S/C29H20NOP/c31-32(24-10-3-1-4-11-24,25-12-5-2-6-13-25)26-17-18-27-21(20-26)15-16-23-19-22-9-7-8-14-28(22)30-29(23)27/h1-20H. The summed E-state index contributed by atoms with van der Waals surface area (Å²) in [4.78, 5) is 4.94. The van der Waals surface area contributed by atoms with Crippen molar-refractivity contribution >= 4 is 55.6 Å². The van der Waals surface area contributed by atoms with E-state index < -0.39 is 7.14 Å². The van der Waals surface area contributed by atoms with Crippen LogP contribution in [0.15, 0.2) is 121 Å². The molecule has 2 nitrogen and oxygen atoms in total. The number of hydrogen-bond acceptors (Lipinski definition) is 2. The normalized spacial score (nSPS) is 11.9. The van der Waals surface area contributed by atoms with Crippen molar-refractivity contribution in [2.24, 2.45) is 0 Å². The largest absolute Gasteiger partial charge is 0.309 e. The summed E-state index contributed by atoms with van der Waals surface area (Å²) in [5.41, 5.74) is 1.96. The lowest BCUT2D eigenvalue weighted by Crippen LogP contribution is -2.24. The molecule has 0 aliphatic heterocycles. The van der Waals surface area contributed by atoms with Gasteiger partial charge in [0.1, 0.15) is 0 Å². The fourth-order valence-electron chi connectivity index (χ4n) is 4.48. The molecule has 152 valence electrons. The highest BCUT2D eigenvalue weighted by Crippen LogP contribution is 2.43. The van der Waals surface area contributed by atoms with E-state index in [0.717, 1.165) is 48.5 Å². The number of fused-ring (bicyclic) bond motifs is 4. The van der Waals surface area contributed by atoms with Crippen LogP contribution in [-0.2, 0) is 4.57 Å². The van der Waals surface area contributed by atoms with Crippen molar-refractivity contribution < 1.29 is 4.57 Å². The topological polar surface area (TPSA) is 30.0 Å². The van der Waals surface area contributed by atoms with Crippen molar-refractivity contribution in [1.82, 2.24) is 4.98 Å². The van der Waals surface area contributed by atoms with E-state index in [2.05, 4.69) is 36.4 Å². The van der Waals surface area contributed by atoms with E-state index in [-0.39, 0.29) is 0 Å². The van der Waals surface area contributed by atoms with Crippen LogP contribution in [0.5, 0.6) is 0 Å². The molecule has 3 heteroatoms. The van der Waals surface area contributed by atoms with Gasteiger partial charge in [0.15, 0.2) is 7.14 Å². The van der Waals surface area contributed by atoms with Crippen LogP contribution < -0.4 is 15.9 Å². The molecule has 0 aliphatic carbocycles. The second-order valence-corrected chi connectivity index (χ2v) is 10.8. The molecule has 0 atom stereocenters. The highest BCUT2D eigenvalue weighted by molar-refractivity contribution is 7.85. The Morgan fingerprint density at radius 3 is 1.84 bits per heavy atom. The minimum atomic E-state index is -3.00.